The highest BCUT2D eigenvalue weighted by Gasteiger charge is 2.51. The molecule has 1 heterocycles. The second kappa shape index (κ2) is 10.6. The summed E-state index contributed by atoms with van der Waals surface area (Å²) in [7, 11) is 0. The van der Waals surface area contributed by atoms with Crippen LogP contribution in [-0.4, -0.2) is 70.6 Å². The molecule has 0 aliphatic carbocycles. The van der Waals surface area contributed by atoms with Gasteiger partial charge in [-0.25, -0.2) is 8.78 Å². The number of hydrogen-bond donors (Lipinski definition) is 4. The van der Waals surface area contributed by atoms with E-state index in [9.17, 15) is 32.8 Å². The average Bonchev–Trinajstić information content (AvgIpc) is 3.07. The van der Waals surface area contributed by atoms with Gasteiger partial charge >= 0.3 is 5.97 Å². The van der Waals surface area contributed by atoms with Crippen LogP contribution in [0.1, 0.15) is 36.5 Å². The first-order valence-corrected chi connectivity index (χ1v) is 10.3. The first-order chi connectivity index (χ1) is 15.4. The zero-order chi connectivity index (χ0) is 24.9. The normalized spacial score (nSPS) is 18.8. The second-order valence-corrected chi connectivity index (χ2v) is 7.97. The van der Waals surface area contributed by atoms with Crippen LogP contribution in [0.25, 0.3) is 0 Å². The van der Waals surface area contributed by atoms with Gasteiger partial charge in [0.15, 0.2) is 0 Å². The van der Waals surface area contributed by atoms with Gasteiger partial charge in [-0.2, -0.15) is 0 Å². The molecule has 0 saturated carbocycles. The van der Waals surface area contributed by atoms with Crippen LogP contribution in [0.3, 0.4) is 0 Å². The van der Waals surface area contributed by atoms with Crippen LogP contribution in [0.2, 0.25) is 5.02 Å². The van der Waals surface area contributed by atoms with Crippen LogP contribution in [0, 0.1) is 0 Å². The number of likely N-dealkylation sites (tertiary alicyclic amines) is 1. The number of carbonyl (C=O) groups excluding carboxylic acids is 4. The topological polar surface area (TPSA) is 159 Å². The van der Waals surface area contributed by atoms with E-state index in [0.29, 0.717) is 4.90 Å². The van der Waals surface area contributed by atoms with Crippen molar-refractivity contribution < 1.29 is 37.9 Å². The largest absolute Gasteiger partial charge is 0.481 e. The molecule has 10 nitrogen and oxygen atoms in total. The lowest BCUT2D eigenvalue weighted by molar-refractivity contribution is -0.142. The first-order valence-electron chi connectivity index (χ1n) is 9.90. The number of nitrogens with zero attached hydrogens (tertiary/aromatic N) is 1. The molecule has 1 aromatic carbocycles. The van der Waals surface area contributed by atoms with Crippen LogP contribution in [0.4, 0.5) is 14.5 Å². The predicted molar refractivity (Wildman–Crippen MR) is 113 cm³/mol. The molecule has 3 atom stereocenters. The molecule has 1 aliphatic rings. The van der Waals surface area contributed by atoms with Gasteiger partial charge in [-0.05, 0) is 24.6 Å². The Kier molecular flexibility index (Phi) is 8.31. The number of amides is 3. The summed E-state index contributed by atoms with van der Waals surface area (Å²) in [5, 5.41) is 13.4. The van der Waals surface area contributed by atoms with Gasteiger partial charge in [-0.15, -0.1) is 0 Å². The summed E-state index contributed by atoms with van der Waals surface area (Å²) in [6, 6.07) is -0.290. The second-order valence-electron chi connectivity index (χ2n) is 7.56. The molecule has 3 amide bonds. The zero-order valence-electron chi connectivity index (χ0n) is 17.5. The summed E-state index contributed by atoms with van der Waals surface area (Å²) in [5.41, 5.74) is 5.92. The van der Waals surface area contributed by atoms with E-state index >= 15 is 0 Å². The minimum Gasteiger partial charge on any atom is -0.481 e. The first kappa shape index (κ1) is 26.0. The van der Waals surface area contributed by atoms with E-state index in [1.807, 2.05) is 0 Å². The summed E-state index contributed by atoms with van der Waals surface area (Å²) < 4.78 is 28.2. The number of nitrogens with two attached hydrogens (primary N) is 1. The van der Waals surface area contributed by atoms with E-state index < -0.39 is 67.1 Å². The van der Waals surface area contributed by atoms with Crippen LogP contribution in [-0.2, 0) is 19.2 Å². The van der Waals surface area contributed by atoms with Crippen molar-refractivity contribution in [3.8, 4) is 0 Å². The number of halogens is 3. The molecule has 1 aromatic rings. The number of aliphatic carboxylic acids is 1. The highest BCUT2D eigenvalue weighted by molar-refractivity contribution is 6.33. The van der Waals surface area contributed by atoms with Crippen molar-refractivity contribution in [2.75, 3.05) is 12.3 Å². The fraction of sp³-hybridized carbons (Fsp3) is 0.450. The van der Waals surface area contributed by atoms with Crippen molar-refractivity contribution in [2.45, 2.75) is 50.2 Å². The van der Waals surface area contributed by atoms with Crippen LogP contribution in [0.5, 0.6) is 0 Å². The van der Waals surface area contributed by atoms with E-state index in [0.717, 1.165) is 0 Å². The number of aldehydes is 1. The van der Waals surface area contributed by atoms with Crippen LogP contribution >= 0.6 is 11.6 Å². The van der Waals surface area contributed by atoms with Crippen LogP contribution in [0.15, 0.2) is 18.2 Å². The molecule has 2 rings (SSSR count). The Bertz CT molecular complexity index is 960. The Morgan fingerprint density at radius 2 is 2.00 bits per heavy atom. The number of hydrogen-bond acceptors (Lipinski definition) is 6. The van der Waals surface area contributed by atoms with Gasteiger partial charge in [-0.1, -0.05) is 18.5 Å². The Hall–Kier alpha value is -3.28. The molecular weight excluding hydrogens is 466 g/mol. The fourth-order valence-corrected chi connectivity index (χ4v) is 3.51. The van der Waals surface area contributed by atoms with Crippen molar-refractivity contribution in [1.82, 2.24) is 15.5 Å². The highest BCUT2D eigenvalue weighted by Crippen LogP contribution is 2.33. The van der Waals surface area contributed by atoms with Gasteiger partial charge in [0.25, 0.3) is 11.8 Å². The Balaban J connectivity index is 2.19. The average molecular weight is 489 g/mol. The smallest absolute Gasteiger partial charge is 0.305 e. The predicted octanol–water partition coefficient (Wildman–Crippen LogP) is 0.825. The maximum absolute atomic E-state index is 14.1. The number of alkyl halides is 2. The number of rotatable bonds is 9. The molecule has 0 radical (unpaired) electrons. The van der Waals surface area contributed by atoms with E-state index in [-0.39, 0.29) is 29.0 Å². The van der Waals surface area contributed by atoms with Gasteiger partial charge in [0.05, 0.1) is 29.7 Å². The van der Waals surface area contributed by atoms with Crippen molar-refractivity contribution in [1.29, 1.82) is 0 Å². The molecule has 33 heavy (non-hydrogen) atoms. The number of carbonyl (C=O) groups is 5. The maximum Gasteiger partial charge on any atom is 0.305 e. The Labute approximate surface area is 192 Å². The van der Waals surface area contributed by atoms with E-state index in [2.05, 4.69) is 10.6 Å². The molecule has 13 heteroatoms. The van der Waals surface area contributed by atoms with Gasteiger partial charge < -0.3 is 31.2 Å². The monoisotopic (exact) mass is 488 g/mol. The standard InChI is InChI=1S/C20H23ClF2N4O6/c1-2-14(26-17(31)10-3-4-13(24)12(21)5-10)19(33)27-9-20(22,23)7-15(27)18(32)25-11(8-28)6-16(29)30/h3-5,8,11,14-15H,2,6-7,9,24H2,1H3,(H,25,32)(H,26,31)(H,29,30)/t11-,14-,15-/m0/s1. The third-order valence-corrected chi connectivity index (χ3v) is 5.34. The van der Waals surface area contributed by atoms with Gasteiger partial charge in [-0.3, -0.25) is 19.2 Å². The quantitative estimate of drug-likeness (QED) is 0.296. The lowest BCUT2D eigenvalue weighted by atomic mass is 10.1. The number of nitrogens with one attached hydrogen (secondary N) is 2. The van der Waals surface area contributed by atoms with Gasteiger partial charge in [0.1, 0.15) is 18.4 Å². The molecule has 1 fully saturated rings. The lowest BCUT2D eigenvalue weighted by Crippen LogP contribution is -2.54. The number of anilines is 1. The van der Waals surface area contributed by atoms with Crippen LogP contribution < -0.4 is 16.4 Å². The molecule has 1 saturated heterocycles. The van der Waals surface area contributed by atoms with Crippen molar-refractivity contribution in [3.05, 3.63) is 28.8 Å². The molecule has 180 valence electrons. The number of carboxylic acid groups (broad SMARTS) is 1. The molecule has 1 aliphatic heterocycles. The van der Waals surface area contributed by atoms with Crippen molar-refractivity contribution in [2.24, 2.45) is 0 Å². The Morgan fingerprint density at radius 1 is 1.33 bits per heavy atom. The molecule has 0 bridgehead atoms. The van der Waals surface area contributed by atoms with E-state index in [1.165, 1.54) is 25.1 Å². The molecule has 0 spiro atoms. The molecular formula is C20H23ClF2N4O6. The minimum absolute atomic E-state index is 0.0274. The molecule has 0 unspecified atom stereocenters. The SMILES string of the molecule is CC[C@H](NC(=O)c1ccc(N)c(Cl)c1)C(=O)N1CC(F)(F)C[C@H]1C(=O)N[C@H](C=O)CC(=O)O. The van der Waals surface area contributed by atoms with Gasteiger partial charge in [0, 0.05) is 12.0 Å². The third-order valence-electron chi connectivity index (χ3n) is 5.02. The summed E-state index contributed by atoms with van der Waals surface area (Å²) in [4.78, 5) is 60.5. The summed E-state index contributed by atoms with van der Waals surface area (Å²) in [6.45, 7) is 0.464. The van der Waals surface area contributed by atoms with Crippen molar-refractivity contribution in [3.63, 3.8) is 0 Å². The van der Waals surface area contributed by atoms with Crippen molar-refractivity contribution >= 4 is 47.3 Å². The van der Waals surface area contributed by atoms with Gasteiger partial charge in [0.2, 0.25) is 11.8 Å². The summed E-state index contributed by atoms with van der Waals surface area (Å²) >= 11 is 5.90. The molecule has 0 aromatic heterocycles. The minimum atomic E-state index is -3.39. The Morgan fingerprint density at radius 3 is 2.55 bits per heavy atom. The number of carboxylic acids is 1. The van der Waals surface area contributed by atoms with E-state index in [4.69, 9.17) is 22.4 Å². The fourth-order valence-electron chi connectivity index (χ4n) is 3.33. The lowest BCUT2D eigenvalue weighted by Gasteiger charge is -2.28. The van der Waals surface area contributed by atoms with E-state index in [1.54, 1.807) is 0 Å². The zero-order valence-corrected chi connectivity index (χ0v) is 18.3. The highest BCUT2D eigenvalue weighted by atomic mass is 35.5. The maximum atomic E-state index is 14.1. The third kappa shape index (κ3) is 6.60. The number of nitrogen functional groups attached to an aromatic ring is 1. The summed E-state index contributed by atoms with van der Waals surface area (Å²) in [5.74, 6) is -7.50. The molecule has 5 N–H and O–H groups in total. The summed E-state index contributed by atoms with van der Waals surface area (Å²) in [6.07, 6.45) is -1.57. The number of benzene rings is 1.